The number of carbonyl (C=O) groups is 2. The van der Waals surface area contributed by atoms with E-state index >= 15 is 0 Å². The Bertz CT molecular complexity index is 968. The van der Waals surface area contributed by atoms with Gasteiger partial charge in [-0.05, 0) is 54.7 Å². The van der Waals surface area contributed by atoms with Crippen LogP contribution in [0.15, 0.2) is 42.5 Å². The summed E-state index contributed by atoms with van der Waals surface area (Å²) in [6.45, 7) is 3.90. The van der Waals surface area contributed by atoms with Gasteiger partial charge in [-0.1, -0.05) is 24.3 Å². The molecular formula is C25H31N3O4. The van der Waals surface area contributed by atoms with Crippen molar-refractivity contribution in [1.82, 2.24) is 10.2 Å². The van der Waals surface area contributed by atoms with Crippen LogP contribution in [0.25, 0.3) is 0 Å². The summed E-state index contributed by atoms with van der Waals surface area (Å²) in [5, 5.41) is 14.1. The molecular weight excluding hydrogens is 406 g/mol. The number of aliphatic hydroxyl groups is 1. The van der Waals surface area contributed by atoms with Crippen LogP contribution in [-0.4, -0.2) is 66.3 Å². The number of benzene rings is 2. The van der Waals surface area contributed by atoms with Crippen LogP contribution in [0.5, 0.6) is 0 Å². The zero-order valence-electron chi connectivity index (χ0n) is 18.4. The number of aliphatic hydroxyl groups excluding tert-OH is 1. The SMILES string of the molecule is C[C@@H]1COCCN1C(=O)c1ccc(C(N)=O)c(C[C@H](O)CNC2Cc3ccccc3C2)c1. The minimum Gasteiger partial charge on any atom is -0.391 e. The second kappa shape index (κ2) is 9.81. The number of hydrogen-bond donors (Lipinski definition) is 3. The Hall–Kier alpha value is -2.74. The molecule has 7 nitrogen and oxygen atoms in total. The Kier molecular flexibility index (Phi) is 6.89. The molecule has 1 aliphatic carbocycles. The summed E-state index contributed by atoms with van der Waals surface area (Å²) in [5.41, 5.74) is 9.67. The molecule has 0 radical (unpaired) electrons. The monoisotopic (exact) mass is 437 g/mol. The number of fused-ring (bicyclic) bond motifs is 1. The number of hydrogen-bond acceptors (Lipinski definition) is 5. The average Bonchev–Trinajstić information content (AvgIpc) is 3.20. The Morgan fingerprint density at radius 3 is 2.59 bits per heavy atom. The Labute approximate surface area is 188 Å². The molecule has 0 unspecified atom stereocenters. The van der Waals surface area contributed by atoms with Crippen molar-refractivity contribution in [3.63, 3.8) is 0 Å². The summed E-state index contributed by atoms with van der Waals surface area (Å²) in [6.07, 6.45) is 1.42. The normalized spacial score (nSPS) is 19.6. The van der Waals surface area contributed by atoms with Gasteiger partial charge in [0, 0.05) is 36.7 Å². The fourth-order valence-electron chi connectivity index (χ4n) is 4.66. The number of carbonyl (C=O) groups excluding carboxylic acids is 2. The van der Waals surface area contributed by atoms with Gasteiger partial charge >= 0.3 is 0 Å². The van der Waals surface area contributed by atoms with E-state index in [4.69, 9.17) is 10.5 Å². The standard InChI is InChI=1S/C25H31N3O4/c1-16-15-32-9-8-28(16)25(31)19-6-7-23(24(26)30)20(10-19)13-22(29)14-27-21-11-17-4-2-3-5-18(17)12-21/h2-7,10,16,21-22,27,29H,8-9,11-15H2,1H3,(H2,26,30)/t16-,22+/m1/s1. The molecule has 170 valence electrons. The summed E-state index contributed by atoms with van der Waals surface area (Å²) in [7, 11) is 0. The summed E-state index contributed by atoms with van der Waals surface area (Å²) in [5.74, 6) is -0.667. The van der Waals surface area contributed by atoms with Crippen molar-refractivity contribution < 1.29 is 19.4 Å². The third kappa shape index (κ3) is 5.01. The van der Waals surface area contributed by atoms with Crippen LogP contribution in [0.3, 0.4) is 0 Å². The summed E-state index contributed by atoms with van der Waals surface area (Å²) in [6, 6.07) is 13.6. The number of morpholine rings is 1. The largest absolute Gasteiger partial charge is 0.391 e. The molecule has 1 saturated heterocycles. The van der Waals surface area contributed by atoms with E-state index in [1.165, 1.54) is 11.1 Å². The highest BCUT2D eigenvalue weighted by Gasteiger charge is 2.26. The molecule has 4 N–H and O–H groups in total. The maximum atomic E-state index is 13.0. The van der Waals surface area contributed by atoms with E-state index in [0.717, 1.165) is 12.8 Å². The molecule has 2 aromatic rings. The number of nitrogens with two attached hydrogens (primary N) is 1. The van der Waals surface area contributed by atoms with Crippen LogP contribution in [0.1, 0.15) is 44.3 Å². The summed E-state index contributed by atoms with van der Waals surface area (Å²) < 4.78 is 5.42. The first-order chi connectivity index (χ1) is 15.4. The topological polar surface area (TPSA) is 105 Å². The van der Waals surface area contributed by atoms with Gasteiger partial charge in [0.15, 0.2) is 0 Å². The van der Waals surface area contributed by atoms with Crippen molar-refractivity contribution >= 4 is 11.8 Å². The van der Waals surface area contributed by atoms with Crippen LogP contribution < -0.4 is 11.1 Å². The predicted octanol–water partition coefficient (Wildman–Crippen LogP) is 1.31. The first-order valence-electron chi connectivity index (χ1n) is 11.2. The number of amides is 2. The van der Waals surface area contributed by atoms with Gasteiger partial charge in [0.2, 0.25) is 5.91 Å². The minimum atomic E-state index is -0.704. The van der Waals surface area contributed by atoms with E-state index < -0.39 is 12.0 Å². The van der Waals surface area contributed by atoms with E-state index in [1.54, 1.807) is 23.1 Å². The van der Waals surface area contributed by atoms with E-state index in [-0.39, 0.29) is 24.4 Å². The van der Waals surface area contributed by atoms with Gasteiger partial charge in [-0.25, -0.2) is 0 Å². The van der Waals surface area contributed by atoms with Crippen molar-refractivity contribution in [3.8, 4) is 0 Å². The zero-order chi connectivity index (χ0) is 22.7. The highest BCUT2D eigenvalue weighted by molar-refractivity contribution is 5.98. The number of rotatable bonds is 7. The lowest BCUT2D eigenvalue weighted by atomic mass is 9.97. The number of primary amides is 1. The maximum absolute atomic E-state index is 13.0. The number of ether oxygens (including phenoxy) is 1. The smallest absolute Gasteiger partial charge is 0.254 e. The van der Waals surface area contributed by atoms with Crippen molar-refractivity contribution in [1.29, 1.82) is 0 Å². The van der Waals surface area contributed by atoms with Gasteiger partial charge in [-0.3, -0.25) is 9.59 Å². The predicted molar refractivity (Wildman–Crippen MR) is 122 cm³/mol. The lowest BCUT2D eigenvalue weighted by Gasteiger charge is -2.33. The van der Waals surface area contributed by atoms with Crippen LogP contribution in [0.2, 0.25) is 0 Å². The van der Waals surface area contributed by atoms with Crippen molar-refractivity contribution in [2.24, 2.45) is 5.73 Å². The molecule has 0 bridgehead atoms. The Balaban J connectivity index is 1.41. The van der Waals surface area contributed by atoms with Crippen molar-refractivity contribution in [3.05, 3.63) is 70.3 Å². The molecule has 7 heteroatoms. The third-order valence-corrected chi connectivity index (χ3v) is 6.39. The van der Waals surface area contributed by atoms with Gasteiger partial charge in [-0.2, -0.15) is 0 Å². The zero-order valence-corrected chi connectivity index (χ0v) is 18.4. The molecule has 2 atom stereocenters. The van der Waals surface area contributed by atoms with Crippen LogP contribution in [0, 0.1) is 0 Å². The molecule has 2 amide bonds. The highest BCUT2D eigenvalue weighted by Crippen LogP contribution is 2.22. The second-order valence-electron chi connectivity index (χ2n) is 8.80. The molecule has 2 aliphatic rings. The summed E-state index contributed by atoms with van der Waals surface area (Å²) in [4.78, 5) is 26.7. The van der Waals surface area contributed by atoms with Gasteiger partial charge in [0.05, 0.1) is 25.4 Å². The van der Waals surface area contributed by atoms with Crippen molar-refractivity contribution in [2.75, 3.05) is 26.3 Å². The number of nitrogens with zero attached hydrogens (tertiary/aromatic N) is 1. The molecule has 0 saturated carbocycles. The lowest BCUT2D eigenvalue weighted by molar-refractivity contribution is 0.00358. The molecule has 1 fully saturated rings. The van der Waals surface area contributed by atoms with Crippen LogP contribution >= 0.6 is 0 Å². The van der Waals surface area contributed by atoms with Gasteiger partial charge < -0.3 is 25.8 Å². The van der Waals surface area contributed by atoms with Crippen molar-refractivity contribution in [2.45, 2.75) is 44.4 Å². The number of nitrogens with one attached hydrogen (secondary N) is 1. The second-order valence-corrected chi connectivity index (χ2v) is 8.80. The van der Waals surface area contributed by atoms with E-state index in [1.807, 2.05) is 19.1 Å². The molecule has 32 heavy (non-hydrogen) atoms. The molecule has 1 aliphatic heterocycles. The Morgan fingerprint density at radius 1 is 1.22 bits per heavy atom. The van der Waals surface area contributed by atoms with E-state index in [2.05, 4.69) is 17.4 Å². The van der Waals surface area contributed by atoms with Gasteiger partial charge in [0.1, 0.15) is 0 Å². The molecule has 2 aromatic carbocycles. The van der Waals surface area contributed by atoms with E-state index in [0.29, 0.717) is 43.0 Å². The Morgan fingerprint density at radius 2 is 1.94 bits per heavy atom. The van der Waals surface area contributed by atoms with Gasteiger partial charge in [0.25, 0.3) is 5.91 Å². The fourth-order valence-corrected chi connectivity index (χ4v) is 4.66. The quantitative estimate of drug-likeness (QED) is 0.606. The van der Waals surface area contributed by atoms with Crippen LogP contribution in [-0.2, 0) is 24.0 Å². The maximum Gasteiger partial charge on any atom is 0.254 e. The first-order valence-corrected chi connectivity index (χ1v) is 11.2. The van der Waals surface area contributed by atoms with E-state index in [9.17, 15) is 14.7 Å². The highest BCUT2D eigenvalue weighted by atomic mass is 16.5. The molecule has 1 heterocycles. The van der Waals surface area contributed by atoms with Crippen LogP contribution in [0.4, 0.5) is 0 Å². The molecule has 0 aromatic heterocycles. The first kappa shape index (κ1) is 22.5. The molecule has 0 spiro atoms. The summed E-state index contributed by atoms with van der Waals surface area (Å²) >= 11 is 0. The molecule has 4 rings (SSSR count). The van der Waals surface area contributed by atoms with Gasteiger partial charge in [-0.15, -0.1) is 0 Å². The third-order valence-electron chi connectivity index (χ3n) is 6.39. The fraction of sp³-hybridized carbons (Fsp3) is 0.440. The minimum absolute atomic E-state index is 0.0131. The average molecular weight is 438 g/mol. The lowest BCUT2D eigenvalue weighted by Crippen LogP contribution is -2.47.